The average Bonchev–Trinajstić information content (AvgIpc) is 3.33. The Labute approximate surface area is 189 Å². The summed E-state index contributed by atoms with van der Waals surface area (Å²) >= 11 is 0. The van der Waals surface area contributed by atoms with Crippen molar-refractivity contribution in [1.29, 1.82) is 0 Å². The lowest BCUT2D eigenvalue weighted by Crippen LogP contribution is -2.36. The van der Waals surface area contributed by atoms with Gasteiger partial charge in [0.2, 0.25) is 5.95 Å². The number of anilines is 2. The Kier molecular flexibility index (Phi) is 6.48. The van der Waals surface area contributed by atoms with Gasteiger partial charge >= 0.3 is 0 Å². The minimum atomic E-state index is -0.0359. The van der Waals surface area contributed by atoms with E-state index in [-0.39, 0.29) is 5.41 Å². The largest absolute Gasteiger partial charge is 0.491 e. The van der Waals surface area contributed by atoms with Crippen LogP contribution >= 0.6 is 0 Å². The van der Waals surface area contributed by atoms with Crippen molar-refractivity contribution in [2.45, 2.75) is 45.4 Å². The van der Waals surface area contributed by atoms with Crippen LogP contribution in [0, 0.1) is 5.92 Å². The first-order valence-corrected chi connectivity index (χ1v) is 11.3. The van der Waals surface area contributed by atoms with E-state index in [1.807, 2.05) is 12.3 Å². The fraction of sp³-hybridized carbons (Fsp3) is 0.458. The second kappa shape index (κ2) is 9.46. The summed E-state index contributed by atoms with van der Waals surface area (Å²) in [6.45, 7) is 8.35. The van der Waals surface area contributed by atoms with Crippen molar-refractivity contribution in [2.75, 3.05) is 30.8 Å². The summed E-state index contributed by atoms with van der Waals surface area (Å²) in [5.74, 6) is 2.75. The summed E-state index contributed by atoms with van der Waals surface area (Å²) in [4.78, 5) is 21.9. The maximum Gasteiger partial charge on any atom is 0.222 e. The minimum absolute atomic E-state index is 0.0359. The Hall–Kier alpha value is -3.29. The zero-order valence-corrected chi connectivity index (χ0v) is 19.2. The van der Waals surface area contributed by atoms with E-state index in [1.54, 1.807) is 25.8 Å². The van der Waals surface area contributed by atoms with Gasteiger partial charge in [0.1, 0.15) is 17.9 Å². The third kappa shape index (κ3) is 4.22. The molecule has 4 heterocycles. The third-order valence-electron chi connectivity index (χ3n) is 6.68. The zero-order chi connectivity index (χ0) is 22.6. The highest BCUT2D eigenvalue weighted by atomic mass is 16.5. The first kappa shape index (κ1) is 21.9. The maximum atomic E-state index is 6.00. The molecule has 168 valence electrons. The lowest BCUT2D eigenvalue weighted by Gasteiger charge is -2.38. The molecule has 0 fully saturated rings. The van der Waals surface area contributed by atoms with Crippen molar-refractivity contribution in [3.63, 3.8) is 0 Å². The quantitative estimate of drug-likeness (QED) is 0.520. The molecule has 0 saturated heterocycles. The van der Waals surface area contributed by atoms with Crippen molar-refractivity contribution in [3.8, 4) is 17.0 Å². The average molecular weight is 434 g/mol. The van der Waals surface area contributed by atoms with Gasteiger partial charge in [-0.1, -0.05) is 27.2 Å². The van der Waals surface area contributed by atoms with Crippen LogP contribution in [0.2, 0.25) is 0 Å². The van der Waals surface area contributed by atoms with E-state index in [0.29, 0.717) is 11.9 Å². The van der Waals surface area contributed by atoms with Crippen molar-refractivity contribution >= 4 is 11.8 Å². The lowest BCUT2D eigenvalue weighted by molar-refractivity contribution is 0.269. The maximum absolute atomic E-state index is 6.00. The van der Waals surface area contributed by atoms with Crippen molar-refractivity contribution in [3.05, 3.63) is 48.3 Å². The Bertz CT molecular complexity index is 1060. The van der Waals surface area contributed by atoms with Crippen LogP contribution in [0.5, 0.6) is 5.75 Å². The Morgan fingerprint density at radius 3 is 2.66 bits per heavy atom. The number of nitrogens with one attached hydrogen (secondary N) is 2. The molecule has 2 atom stereocenters. The van der Waals surface area contributed by atoms with Crippen molar-refractivity contribution in [1.82, 2.24) is 24.9 Å². The molecule has 0 radical (unpaired) electrons. The fourth-order valence-corrected chi connectivity index (χ4v) is 4.48. The molecule has 3 aromatic heterocycles. The van der Waals surface area contributed by atoms with E-state index in [9.17, 15) is 0 Å². The van der Waals surface area contributed by atoms with Crippen molar-refractivity contribution in [2.24, 2.45) is 5.92 Å². The molecule has 32 heavy (non-hydrogen) atoms. The zero-order valence-electron chi connectivity index (χ0n) is 19.2. The first-order valence-electron chi connectivity index (χ1n) is 11.3. The molecule has 0 spiro atoms. The number of hydrogen-bond donors (Lipinski definition) is 2. The molecular weight excluding hydrogens is 402 g/mol. The summed E-state index contributed by atoms with van der Waals surface area (Å²) in [6.07, 6.45) is 9.96. The van der Waals surface area contributed by atoms with Crippen LogP contribution in [0.25, 0.3) is 11.3 Å². The summed E-state index contributed by atoms with van der Waals surface area (Å²) in [7, 11) is 1.79. The van der Waals surface area contributed by atoms with Gasteiger partial charge in [-0.05, 0) is 18.4 Å². The second-order valence-corrected chi connectivity index (χ2v) is 8.32. The summed E-state index contributed by atoms with van der Waals surface area (Å²) in [5.41, 5.74) is 3.95. The van der Waals surface area contributed by atoms with Gasteiger partial charge < -0.3 is 15.4 Å². The number of hydrogen-bond acceptors (Lipinski definition) is 8. The SMILES string of the molecule is CCC(CNc1cc(-c2cnc(NC)nc2)ncn1)C(C)(CC)c1ccnc2c1OCC2. The van der Waals surface area contributed by atoms with E-state index < -0.39 is 0 Å². The highest BCUT2D eigenvalue weighted by Crippen LogP contribution is 2.44. The standard InChI is InChI=1S/C24H31N7O/c1-5-17(24(3,6-2)18-7-9-26-19-8-10-32-22(18)19)14-27-21-11-20(30-15-31-21)16-12-28-23(25-4)29-13-16/h7,9,11-13,15,17H,5-6,8,10,14H2,1-4H3,(H,25,28,29)(H,27,30,31). The molecule has 1 aliphatic rings. The molecule has 2 N–H and O–H groups in total. The van der Waals surface area contributed by atoms with Gasteiger partial charge in [0.05, 0.1) is 18.0 Å². The molecule has 0 aromatic carbocycles. The van der Waals surface area contributed by atoms with Crippen molar-refractivity contribution < 1.29 is 4.74 Å². The van der Waals surface area contributed by atoms with Crippen LogP contribution in [0.15, 0.2) is 37.1 Å². The van der Waals surface area contributed by atoms with E-state index in [2.05, 4.69) is 62.4 Å². The molecule has 1 aliphatic heterocycles. The van der Waals surface area contributed by atoms with Crippen LogP contribution in [0.1, 0.15) is 44.9 Å². The molecule has 0 amide bonds. The minimum Gasteiger partial charge on any atom is -0.491 e. The number of nitrogens with zero attached hydrogens (tertiary/aromatic N) is 5. The normalized spacial score (nSPS) is 15.4. The molecule has 2 unspecified atom stereocenters. The monoisotopic (exact) mass is 433 g/mol. The third-order valence-corrected chi connectivity index (χ3v) is 6.68. The highest BCUT2D eigenvalue weighted by molar-refractivity contribution is 5.60. The number of pyridine rings is 1. The molecule has 0 bridgehead atoms. The predicted octanol–water partition coefficient (Wildman–Crippen LogP) is 4.11. The second-order valence-electron chi connectivity index (χ2n) is 8.32. The van der Waals surface area contributed by atoms with Gasteiger partial charge in [0.25, 0.3) is 0 Å². The van der Waals surface area contributed by atoms with Gasteiger partial charge in [0.15, 0.2) is 0 Å². The van der Waals surface area contributed by atoms with E-state index in [1.165, 1.54) is 5.56 Å². The van der Waals surface area contributed by atoms with Crippen LogP contribution < -0.4 is 15.4 Å². The molecule has 8 heteroatoms. The Balaban J connectivity index is 1.53. The van der Waals surface area contributed by atoms with Gasteiger partial charge in [0, 0.05) is 61.2 Å². The molecule has 4 rings (SSSR count). The molecular formula is C24H31N7O. The number of fused-ring (bicyclic) bond motifs is 1. The van der Waals surface area contributed by atoms with Crippen LogP contribution in [-0.2, 0) is 11.8 Å². The lowest BCUT2D eigenvalue weighted by atomic mass is 9.68. The van der Waals surface area contributed by atoms with Crippen LogP contribution in [0.4, 0.5) is 11.8 Å². The summed E-state index contributed by atoms with van der Waals surface area (Å²) in [6, 6.07) is 4.08. The van der Waals surface area contributed by atoms with Gasteiger partial charge in [-0.3, -0.25) is 4.98 Å². The van der Waals surface area contributed by atoms with Crippen LogP contribution in [-0.4, -0.2) is 45.1 Å². The predicted molar refractivity (Wildman–Crippen MR) is 126 cm³/mol. The Morgan fingerprint density at radius 1 is 1.12 bits per heavy atom. The number of ether oxygens (including phenoxy) is 1. The molecule has 8 nitrogen and oxygen atoms in total. The molecule has 3 aromatic rings. The van der Waals surface area contributed by atoms with E-state index in [0.717, 1.165) is 60.9 Å². The van der Waals surface area contributed by atoms with E-state index in [4.69, 9.17) is 4.74 Å². The molecule has 0 aliphatic carbocycles. The Morgan fingerprint density at radius 2 is 1.94 bits per heavy atom. The smallest absolute Gasteiger partial charge is 0.222 e. The topological polar surface area (TPSA) is 97.7 Å². The number of rotatable bonds is 9. The first-order chi connectivity index (χ1) is 15.6. The summed E-state index contributed by atoms with van der Waals surface area (Å²) < 4.78 is 6.00. The van der Waals surface area contributed by atoms with Gasteiger partial charge in [-0.2, -0.15) is 0 Å². The van der Waals surface area contributed by atoms with Gasteiger partial charge in [-0.25, -0.2) is 19.9 Å². The highest BCUT2D eigenvalue weighted by Gasteiger charge is 2.37. The van der Waals surface area contributed by atoms with E-state index >= 15 is 0 Å². The summed E-state index contributed by atoms with van der Waals surface area (Å²) in [5, 5.41) is 6.47. The number of aromatic nitrogens is 5. The van der Waals surface area contributed by atoms with Crippen LogP contribution in [0.3, 0.4) is 0 Å². The van der Waals surface area contributed by atoms with Gasteiger partial charge in [-0.15, -0.1) is 0 Å². The molecule has 0 saturated carbocycles. The fourth-order valence-electron chi connectivity index (χ4n) is 4.48.